The van der Waals surface area contributed by atoms with Crippen molar-refractivity contribution in [2.24, 2.45) is 0 Å². The van der Waals surface area contributed by atoms with Gasteiger partial charge in [0.25, 0.3) is 0 Å². The van der Waals surface area contributed by atoms with E-state index in [1.165, 1.54) is 6.07 Å². The first-order valence-electron chi connectivity index (χ1n) is 6.70. The Kier molecular flexibility index (Phi) is 6.29. The van der Waals surface area contributed by atoms with Gasteiger partial charge in [-0.25, -0.2) is 0 Å². The molecule has 0 fully saturated rings. The van der Waals surface area contributed by atoms with Gasteiger partial charge in [0.15, 0.2) is 0 Å². The molecule has 0 heterocycles. The maximum absolute atomic E-state index is 13.1. The Balaban J connectivity index is 3.13. The number of aliphatic hydroxyl groups is 1. The number of nitrogens with one attached hydrogen (secondary N) is 1. The number of alkyl halides is 3. The molecule has 0 saturated carbocycles. The lowest BCUT2D eigenvalue weighted by atomic mass is 10.1. The summed E-state index contributed by atoms with van der Waals surface area (Å²) in [5, 5.41) is 11.9. The van der Waals surface area contributed by atoms with Gasteiger partial charge >= 0.3 is 6.18 Å². The number of halogens is 3. The summed E-state index contributed by atoms with van der Waals surface area (Å²) in [6.45, 7) is 5.28. The van der Waals surface area contributed by atoms with Crippen molar-refractivity contribution in [3.8, 4) is 0 Å². The van der Waals surface area contributed by atoms with Gasteiger partial charge in [-0.05, 0) is 31.2 Å². The van der Waals surface area contributed by atoms with Crippen LogP contribution in [0, 0.1) is 0 Å². The molecule has 0 amide bonds. The van der Waals surface area contributed by atoms with Crippen molar-refractivity contribution < 1.29 is 18.3 Å². The molecular weight excluding hydrogens is 269 g/mol. The average Bonchev–Trinajstić information content (AvgIpc) is 2.41. The van der Waals surface area contributed by atoms with Crippen LogP contribution in [0.5, 0.6) is 0 Å². The third kappa shape index (κ3) is 4.38. The zero-order chi connectivity index (χ0) is 15.2. The maximum atomic E-state index is 13.1. The quantitative estimate of drug-likeness (QED) is 0.810. The van der Waals surface area contributed by atoms with Gasteiger partial charge < -0.3 is 15.3 Å². The first kappa shape index (κ1) is 16.8. The fraction of sp³-hybridized carbons (Fsp3) is 0.571. The summed E-state index contributed by atoms with van der Waals surface area (Å²) in [6, 6.07) is 4.33. The molecule has 1 aromatic rings. The Hall–Kier alpha value is -1.27. The van der Waals surface area contributed by atoms with Gasteiger partial charge in [0.05, 0.1) is 12.2 Å². The van der Waals surface area contributed by atoms with Crippen LogP contribution in [0.3, 0.4) is 0 Å². The number of likely N-dealkylation sites (N-methyl/N-ethyl adjacent to an activating group) is 1. The summed E-state index contributed by atoms with van der Waals surface area (Å²) in [5.74, 6) is 0. The molecular formula is C14H21F3N2O. The standard InChI is InChI=1S/C14H21F3N2O/c1-3-18-10-11-5-6-12(19(4-2)7-8-20)9-13(11)14(15,16)17/h5-6,9,18,20H,3-4,7-8,10H2,1-2H3. The Morgan fingerprint density at radius 2 is 1.95 bits per heavy atom. The molecule has 3 nitrogen and oxygen atoms in total. The summed E-state index contributed by atoms with van der Waals surface area (Å²) < 4.78 is 39.3. The Labute approximate surface area is 117 Å². The zero-order valence-electron chi connectivity index (χ0n) is 11.8. The van der Waals surface area contributed by atoms with Gasteiger partial charge in [-0.15, -0.1) is 0 Å². The van der Waals surface area contributed by atoms with Gasteiger partial charge in [-0.2, -0.15) is 13.2 Å². The molecule has 0 saturated heterocycles. The summed E-state index contributed by atoms with van der Waals surface area (Å²) >= 11 is 0. The fourth-order valence-corrected chi connectivity index (χ4v) is 2.03. The highest BCUT2D eigenvalue weighted by Gasteiger charge is 2.33. The highest BCUT2D eigenvalue weighted by molar-refractivity contribution is 5.52. The van der Waals surface area contributed by atoms with Gasteiger partial charge in [-0.1, -0.05) is 13.0 Å². The molecule has 0 bridgehead atoms. The lowest BCUT2D eigenvalue weighted by Gasteiger charge is -2.24. The van der Waals surface area contributed by atoms with Crippen molar-refractivity contribution in [3.63, 3.8) is 0 Å². The van der Waals surface area contributed by atoms with Gasteiger partial charge in [-0.3, -0.25) is 0 Å². The van der Waals surface area contributed by atoms with Gasteiger partial charge in [0.2, 0.25) is 0 Å². The molecule has 114 valence electrons. The molecule has 20 heavy (non-hydrogen) atoms. The number of rotatable bonds is 7. The van der Waals surface area contributed by atoms with E-state index in [9.17, 15) is 13.2 Å². The first-order valence-corrected chi connectivity index (χ1v) is 6.70. The molecule has 0 aliphatic carbocycles. The first-order chi connectivity index (χ1) is 9.43. The number of anilines is 1. The average molecular weight is 290 g/mol. The second-order valence-electron chi connectivity index (χ2n) is 4.42. The number of nitrogens with zero attached hydrogens (tertiary/aromatic N) is 1. The molecule has 0 spiro atoms. The Bertz CT molecular complexity index is 421. The van der Waals surface area contributed by atoms with Crippen molar-refractivity contribution in [2.45, 2.75) is 26.6 Å². The maximum Gasteiger partial charge on any atom is 0.416 e. The van der Waals surface area contributed by atoms with E-state index in [4.69, 9.17) is 5.11 Å². The van der Waals surface area contributed by atoms with E-state index in [2.05, 4.69) is 5.32 Å². The zero-order valence-corrected chi connectivity index (χ0v) is 11.8. The van der Waals surface area contributed by atoms with E-state index >= 15 is 0 Å². The van der Waals surface area contributed by atoms with Crippen LogP contribution in [0.15, 0.2) is 18.2 Å². The van der Waals surface area contributed by atoms with Gasteiger partial charge in [0, 0.05) is 25.3 Å². The van der Waals surface area contributed by atoms with Crippen LogP contribution in [0.4, 0.5) is 18.9 Å². The Morgan fingerprint density at radius 1 is 1.25 bits per heavy atom. The van der Waals surface area contributed by atoms with E-state index in [-0.39, 0.29) is 18.7 Å². The van der Waals surface area contributed by atoms with Crippen molar-refractivity contribution in [3.05, 3.63) is 29.3 Å². The number of hydrogen-bond donors (Lipinski definition) is 2. The van der Waals surface area contributed by atoms with E-state index in [0.29, 0.717) is 25.3 Å². The smallest absolute Gasteiger partial charge is 0.395 e. The fourth-order valence-electron chi connectivity index (χ4n) is 2.03. The third-order valence-corrected chi connectivity index (χ3v) is 3.08. The van der Waals surface area contributed by atoms with Gasteiger partial charge in [0.1, 0.15) is 0 Å². The van der Waals surface area contributed by atoms with E-state index in [0.717, 1.165) is 6.07 Å². The van der Waals surface area contributed by atoms with E-state index in [1.807, 2.05) is 13.8 Å². The van der Waals surface area contributed by atoms with E-state index < -0.39 is 11.7 Å². The predicted molar refractivity (Wildman–Crippen MR) is 73.8 cm³/mol. The summed E-state index contributed by atoms with van der Waals surface area (Å²) in [5.41, 5.74) is 0.101. The minimum absolute atomic E-state index is 0.0890. The highest BCUT2D eigenvalue weighted by atomic mass is 19.4. The van der Waals surface area contributed by atoms with Crippen LogP contribution in [-0.4, -0.2) is 31.3 Å². The SMILES string of the molecule is CCNCc1ccc(N(CC)CCO)cc1C(F)(F)F. The molecule has 0 aromatic heterocycles. The molecule has 1 aromatic carbocycles. The normalized spacial score (nSPS) is 11.7. The molecule has 0 aliphatic rings. The topological polar surface area (TPSA) is 35.5 Å². The Morgan fingerprint density at radius 3 is 2.45 bits per heavy atom. The van der Waals surface area contributed by atoms with Crippen LogP contribution >= 0.6 is 0 Å². The van der Waals surface area contributed by atoms with Crippen molar-refractivity contribution in [1.29, 1.82) is 0 Å². The number of benzene rings is 1. The highest BCUT2D eigenvalue weighted by Crippen LogP contribution is 2.34. The summed E-state index contributed by atoms with van der Waals surface area (Å²) in [6.07, 6.45) is -4.38. The summed E-state index contributed by atoms with van der Waals surface area (Å²) in [4.78, 5) is 1.71. The largest absolute Gasteiger partial charge is 0.416 e. The minimum Gasteiger partial charge on any atom is -0.395 e. The van der Waals surface area contributed by atoms with Crippen molar-refractivity contribution in [2.75, 3.05) is 31.1 Å². The van der Waals surface area contributed by atoms with Crippen LogP contribution in [-0.2, 0) is 12.7 Å². The molecule has 0 atom stereocenters. The monoisotopic (exact) mass is 290 g/mol. The minimum atomic E-state index is -4.38. The van der Waals surface area contributed by atoms with Crippen LogP contribution < -0.4 is 10.2 Å². The third-order valence-electron chi connectivity index (χ3n) is 3.08. The lowest BCUT2D eigenvalue weighted by molar-refractivity contribution is -0.138. The molecule has 6 heteroatoms. The van der Waals surface area contributed by atoms with Crippen LogP contribution in [0.25, 0.3) is 0 Å². The molecule has 2 N–H and O–H groups in total. The number of aliphatic hydroxyl groups excluding tert-OH is 1. The van der Waals surface area contributed by atoms with Crippen molar-refractivity contribution >= 4 is 5.69 Å². The van der Waals surface area contributed by atoms with Crippen LogP contribution in [0.1, 0.15) is 25.0 Å². The molecule has 0 aliphatic heterocycles. The molecule has 1 rings (SSSR count). The molecule has 0 radical (unpaired) electrons. The van der Waals surface area contributed by atoms with Crippen LogP contribution in [0.2, 0.25) is 0 Å². The second-order valence-corrected chi connectivity index (χ2v) is 4.42. The predicted octanol–water partition coefficient (Wildman–Crippen LogP) is 2.63. The second kappa shape index (κ2) is 7.50. The number of hydrogen-bond acceptors (Lipinski definition) is 3. The van der Waals surface area contributed by atoms with Crippen molar-refractivity contribution in [1.82, 2.24) is 5.32 Å². The lowest BCUT2D eigenvalue weighted by Crippen LogP contribution is -2.27. The van der Waals surface area contributed by atoms with E-state index in [1.54, 1.807) is 11.0 Å². The molecule has 0 unspecified atom stereocenters. The summed E-state index contributed by atoms with van der Waals surface area (Å²) in [7, 11) is 0.